The molecule has 1 aliphatic heterocycles. The SMILES string of the molecule is C[C@@H]1CN(c2cc(F)ccc2CC(=O)CCCCCS(=O)(=O)C(C)(C)C)C[C@H](C)O1. The molecule has 2 rings (SSSR count). The maximum Gasteiger partial charge on any atom is 0.155 e. The first kappa shape index (κ1) is 24.8. The third kappa shape index (κ3) is 7.05. The molecule has 0 spiro atoms. The number of rotatable bonds is 9. The highest BCUT2D eigenvalue weighted by atomic mass is 32.2. The van der Waals surface area contributed by atoms with Crippen LogP contribution >= 0.6 is 0 Å². The summed E-state index contributed by atoms with van der Waals surface area (Å²) in [6.07, 6.45) is 2.70. The summed E-state index contributed by atoms with van der Waals surface area (Å²) >= 11 is 0. The molecule has 30 heavy (non-hydrogen) atoms. The molecule has 5 nitrogen and oxygen atoms in total. The van der Waals surface area contributed by atoms with E-state index in [1.54, 1.807) is 26.8 Å². The van der Waals surface area contributed by atoms with E-state index in [1.807, 2.05) is 13.8 Å². The van der Waals surface area contributed by atoms with Gasteiger partial charge >= 0.3 is 0 Å². The molecule has 1 heterocycles. The fourth-order valence-corrected chi connectivity index (χ4v) is 4.95. The highest BCUT2D eigenvalue weighted by Crippen LogP contribution is 2.27. The van der Waals surface area contributed by atoms with E-state index in [0.717, 1.165) is 11.3 Å². The maximum atomic E-state index is 13.9. The predicted octanol–water partition coefficient (Wildman–Crippen LogP) is 4.32. The van der Waals surface area contributed by atoms with E-state index in [-0.39, 0.29) is 36.0 Å². The van der Waals surface area contributed by atoms with Crippen LogP contribution in [0.1, 0.15) is 65.9 Å². The first-order chi connectivity index (χ1) is 13.9. The third-order valence-corrected chi connectivity index (χ3v) is 8.19. The summed E-state index contributed by atoms with van der Waals surface area (Å²) in [4.78, 5) is 14.6. The van der Waals surface area contributed by atoms with Crippen molar-refractivity contribution >= 4 is 21.3 Å². The number of benzene rings is 1. The monoisotopic (exact) mass is 441 g/mol. The smallest absolute Gasteiger partial charge is 0.155 e. The summed E-state index contributed by atoms with van der Waals surface area (Å²) < 4.78 is 43.2. The van der Waals surface area contributed by atoms with Crippen LogP contribution in [0, 0.1) is 5.82 Å². The van der Waals surface area contributed by atoms with Gasteiger partial charge in [0, 0.05) is 31.6 Å². The fourth-order valence-electron chi connectivity index (χ4n) is 3.75. The Morgan fingerprint density at radius 1 is 1.13 bits per heavy atom. The molecule has 0 radical (unpaired) electrons. The van der Waals surface area contributed by atoms with E-state index < -0.39 is 14.6 Å². The van der Waals surface area contributed by atoms with E-state index in [0.29, 0.717) is 38.8 Å². The normalized spacial score (nSPS) is 20.4. The van der Waals surface area contributed by atoms with Gasteiger partial charge in [-0.05, 0) is 65.2 Å². The Bertz CT molecular complexity index is 822. The van der Waals surface area contributed by atoms with Crippen LogP contribution in [0.4, 0.5) is 10.1 Å². The predicted molar refractivity (Wildman–Crippen MR) is 119 cm³/mol. The zero-order valence-electron chi connectivity index (χ0n) is 18.9. The Morgan fingerprint density at radius 2 is 1.77 bits per heavy atom. The molecule has 0 aliphatic carbocycles. The number of hydrogen-bond donors (Lipinski definition) is 0. The van der Waals surface area contributed by atoms with Gasteiger partial charge in [-0.25, -0.2) is 12.8 Å². The van der Waals surface area contributed by atoms with Crippen LogP contribution in [0.2, 0.25) is 0 Å². The van der Waals surface area contributed by atoms with Crippen molar-refractivity contribution in [2.75, 3.05) is 23.7 Å². The lowest BCUT2D eigenvalue weighted by Gasteiger charge is -2.37. The maximum absolute atomic E-state index is 13.9. The number of ketones is 1. The minimum Gasteiger partial charge on any atom is -0.372 e. The van der Waals surface area contributed by atoms with Crippen molar-refractivity contribution in [3.05, 3.63) is 29.6 Å². The molecule has 1 fully saturated rings. The molecular weight excluding hydrogens is 405 g/mol. The molecule has 1 aliphatic rings. The molecule has 0 saturated carbocycles. The van der Waals surface area contributed by atoms with Gasteiger partial charge in [0.1, 0.15) is 11.6 Å². The molecule has 0 N–H and O–H groups in total. The second-order valence-electron chi connectivity index (χ2n) is 9.39. The molecule has 170 valence electrons. The van der Waals surface area contributed by atoms with Crippen molar-refractivity contribution in [2.24, 2.45) is 0 Å². The molecule has 1 aromatic carbocycles. The number of carbonyl (C=O) groups excluding carboxylic acids is 1. The molecule has 2 atom stereocenters. The average Bonchev–Trinajstić information content (AvgIpc) is 2.61. The number of carbonyl (C=O) groups is 1. The minimum absolute atomic E-state index is 0.0462. The van der Waals surface area contributed by atoms with Crippen LogP contribution < -0.4 is 4.90 Å². The lowest BCUT2D eigenvalue weighted by Crippen LogP contribution is -2.46. The van der Waals surface area contributed by atoms with Gasteiger partial charge < -0.3 is 9.64 Å². The van der Waals surface area contributed by atoms with E-state index in [9.17, 15) is 17.6 Å². The highest BCUT2D eigenvalue weighted by Gasteiger charge is 2.28. The Kier molecular flexibility index (Phi) is 8.45. The van der Waals surface area contributed by atoms with Crippen molar-refractivity contribution in [3.63, 3.8) is 0 Å². The van der Waals surface area contributed by atoms with Crippen LogP contribution in [-0.2, 0) is 25.8 Å². The number of unbranched alkanes of at least 4 members (excludes halogenated alkanes) is 2. The van der Waals surface area contributed by atoms with Crippen LogP contribution in [0.15, 0.2) is 18.2 Å². The molecule has 0 amide bonds. The van der Waals surface area contributed by atoms with E-state index in [2.05, 4.69) is 4.90 Å². The Morgan fingerprint density at radius 3 is 2.37 bits per heavy atom. The van der Waals surface area contributed by atoms with Crippen molar-refractivity contribution in [3.8, 4) is 0 Å². The number of anilines is 1. The summed E-state index contributed by atoms with van der Waals surface area (Å²) in [6, 6.07) is 4.60. The summed E-state index contributed by atoms with van der Waals surface area (Å²) in [5.74, 6) is -0.0656. The third-order valence-electron chi connectivity index (χ3n) is 5.50. The first-order valence-corrected chi connectivity index (χ1v) is 12.5. The summed E-state index contributed by atoms with van der Waals surface area (Å²) in [5.41, 5.74) is 1.60. The second-order valence-corrected chi connectivity index (χ2v) is 12.3. The molecule has 7 heteroatoms. The average molecular weight is 442 g/mol. The number of nitrogens with zero attached hydrogens (tertiary/aromatic N) is 1. The molecule has 0 unspecified atom stereocenters. The van der Waals surface area contributed by atoms with Gasteiger partial charge in [0.2, 0.25) is 0 Å². The summed E-state index contributed by atoms with van der Waals surface area (Å²) in [5, 5.41) is 0. The van der Waals surface area contributed by atoms with E-state index in [1.165, 1.54) is 12.1 Å². The summed E-state index contributed by atoms with van der Waals surface area (Å²) in [6.45, 7) is 10.4. The van der Waals surface area contributed by atoms with Crippen LogP contribution in [0.25, 0.3) is 0 Å². The Labute approximate surface area is 180 Å². The number of morpholine rings is 1. The number of halogens is 1. The van der Waals surface area contributed by atoms with Gasteiger partial charge in [-0.3, -0.25) is 4.79 Å². The molecule has 1 aromatic rings. The lowest BCUT2D eigenvalue weighted by molar-refractivity contribution is -0.118. The van der Waals surface area contributed by atoms with Gasteiger partial charge in [-0.15, -0.1) is 0 Å². The second kappa shape index (κ2) is 10.2. The van der Waals surface area contributed by atoms with E-state index in [4.69, 9.17) is 4.74 Å². The zero-order chi connectivity index (χ0) is 22.5. The molecular formula is C23H36FNO4S. The van der Waals surface area contributed by atoms with Gasteiger partial charge in [0.05, 0.1) is 22.7 Å². The Hall–Kier alpha value is -1.47. The topological polar surface area (TPSA) is 63.7 Å². The van der Waals surface area contributed by atoms with Crippen LogP contribution in [-0.4, -0.2) is 50.0 Å². The largest absolute Gasteiger partial charge is 0.372 e. The van der Waals surface area contributed by atoms with Crippen molar-refractivity contribution in [1.82, 2.24) is 0 Å². The van der Waals surface area contributed by atoms with Gasteiger partial charge in [0.25, 0.3) is 0 Å². The fraction of sp³-hybridized carbons (Fsp3) is 0.696. The van der Waals surface area contributed by atoms with Crippen molar-refractivity contribution in [1.29, 1.82) is 0 Å². The van der Waals surface area contributed by atoms with Crippen LogP contribution in [0.5, 0.6) is 0 Å². The molecule has 1 saturated heterocycles. The number of Topliss-reactive ketones (excluding diaryl/α,β-unsaturated/α-hetero) is 1. The van der Waals surface area contributed by atoms with Gasteiger partial charge in [0.15, 0.2) is 9.84 Å². The number of sulfone groups is 1. The van der Waals surface area contributed by atoms with Crippen LogP contribution in [0.3, 0.4) is 0 Å². The molecule has 0 aromatic heterocycles. The zero-order valence-corrected chi connectivity index (χ0v) is 19.7. The van der Waals surface area contributed by atoms with Crippen molar-refractivity contribution in [2.45, 2.75) is 83.7 Å². The van der Waals surface area contributed by atoms with Gasteiger partial charge in [-0.2, -0.15) is 0 Å². The standard InChI is InChI=1S/C23H36FNO4S/c1-17-15-25(16-18(2)29-17)22-14-20(24)11-10-19(22)13-21(26)9-7-6-8-12-30(27,28)23(3,4)5/h10-11,14,17-18H,6-9,12-13,15-16H2,1-5H3/t17-,18+. The number of hydrogen-bond acceptors (Lipinski definition) is 5. The molecule has 0 bridgehead atoms. The quantitative estimate of drug-likeness (QED) is 0.534. The Balaban J connectivity index is 1.90. The lowest BCUT2D eigenvalue weighted by atomic mass is 10.0. The first-order valence-electron chi connectivity index (χ1n) is 10.8. The van der Waals surface area contributed by atoms with Crippen molar-refractivity contribution < 1.29 is 22.3 Å². The van der Waals surface area contributed by atoms with E-state index >= 15 is 0 Å². The summed E-state index contributed by atoms with van der Waals surface area (Å²) in [7, 11) is -3.11. The highest BCUT2D eigenvalue weighted by molar-refractivity contribution is 7.92. The number of ether oxygens (including phenoxy) is 1. The van der Waals surface area contributed by atoms with Gasteiger partial charge in [-0.1, -0.05) is 12.5 Å². The minimum atomic E-state index is -3.11.